The van der Waals surface area contributed by atoms with Crippen LogP contribution in [0.15, 0.2) is 52.3 Å². The lowest BCUT2D eigenvalue weighted by Crippen LogP contribution is -2.23. The van der Waals surface area contributed by atoms with E-state index in [9.17, 15) is 19.8 Å². The summed E-state index contributed by atoms with van der Waals surface area (Å²) in [5.41, 5.74) is 0.381. The maximum absolute atomic E-state index is 12.5. The number of Topliss-reactive ketones (excluding diaryl/α,β-unsaturated/α-hetero) is 1. The molecule has 0 radical (unpaired) electrons. The van der Waals surface area contributed by atoms with Crippen molar-refractivity contribution in [1.82, 2.24) is 5.32 Å². The Bertz CT molecular complexity index is 822. The zero-order valence-electron chi connectivity index (χ0n) is 12.8. The van der Waals surface area contributed by atoms with Gasteiger partial charge in [-0.25, -0.2) is 0 Å². The van der Waals surface area contributed by atoms with E-state index in [1.54, 1.807) is 6.92 Å². The van der Waals surface area contributed by atoms with Crippen LogP contribution in [0.5, 0.6) is 11.5 Å². The molecule has 7 heteroatoms. The van der Waals surface area contributed by atoms with Crippen LogP contribution < -0.4 is 10.1 Å². The molecule has 3 rings (SSSR count). The third-order valence-corrected chi connectivity index (χ3v) is 3.64. The monoisotopic (exact) mass is 329 g/mol. The summed E-state index contributed by atoms with van der Waals surface area (Å²) >= 11 is 0. The predicted octanol–water partition coefficient (Wildman–Crippen LogP) is 2.25. The van der Waals surface area contributed by atoms with Crippen LogP contribution in [-0.2, 0) is 4.79 Å². The van der Waals surface area contributed by atoms with Crippen molar-refractivity contribution in [2.24, 2.45) is 0 Å². The molecule has 1 aliphatic heterocycles. The number of phenolic OH excluding ortho intramolecular Hbond substituents is 1. The Kier molecular flexibility index (Phi) is 3.99. The largest absolute Gasteiger partial charge is 0.504 e. The van der Waals surface area contributed by atoms with Gasteiger partial charge < -0.3 is 24.7 Å². The fraction of sp³-hybridized carbons (Fsp3) is 0.176. The first-order valence-corrected chi connectivity index (χ1v) is 7.30. The maximum Gasteiger partial charge on any atom is 0.287 e. The van der Waals surface area contributed by atoms with Crippen molar-refractivity contribution in [2.75, 3.05) is 6.61 Å². The van der Waals surface area contributed by atoms with Gasteiger partial charge in [0.2, 0.25) is 5.78 Å². The van der Waals surface area contributed by atoms with Crippen LogP contribution in [0.2, 0.25) is 0 Å². The molecule has 0 bridgehead atoms. The first kappa shape index (κ1) is 15.7. The number of hydrogen-bond donors (Lipinski definition) is 3. The number of aromatic hydroxyl groups is 1. The minimum Gasteiger partial charge on any atom is -0.504 e. The van der Waals surface area contributed by atoms with E-state index >= 15 is 0 Å². The van der Waals surface area contributed by atoms with Crippen molar-refractivity contribution in [3.63, 3.8) is 0 Å². The fourth-order valence-electron chi connectivity index (χ4n) is 2.54. The van der Waals surface area contributed by atoms with E-state index in [1.807, 2.05) is 0 Å². The Hall–Kier alpha value is -3.22. The molecule has 0 fully saturated rings. The van der Waals surface area contributed by atoms with Crippen molar-refractivity contribution in [2.45, 2.75) is 13.0 Å². The second-order valence-electron chi connectivity index (χ2n) is 5.14. The Morgan fingerprint density at radius 2 is 2.12 bits per heavy atom. The summed E-state index contributed by atoms with van der Waals surface area (Å²) in [5, 5.41) is 22.3. The first-order chi connectivity index (χ1) is 11.5. The molecule has 124 valence electrons. The van der Waals surface area contributed by atoms with Crippen molar-refractivity contribution in [3.8, 4) is 11.5 Å². The number of nitrogens with one attached hydrogen (secondary N) is 1. The molecular formula is C17H15NO6. The third-order valence-electron chi connectivity index (χ3n) is 3.64. The molecule has 7 nitrogen and oxygen atoms in total. The molecule has 1 atom stereocenters. The molecule has 0 unspecified atom stereocenters. The minimum atomic E-state index is -0.866. The van der Waals surface area contributed by atoms with Crippen LogP contribution in [0.4, 0.5) is 0 Å². The van der Waals surface area contributed by atoms with Crippen LogP contribution in [0.3, 0.4) is 0 Å². The number of hydrogen-bond acceptors (Lipinski definition) is 6. The maximum atomic E-state index is 12.5. The van der Waals surface area contributed by atoms with Crippen molar-refractivity contribution in [1.29, 1.82) is 0 Å². The number of benzene rings is 1. The highest BCUT2D eigenvalue weighted by atomic mass is 16.5. The van der Waals surface area contributed by atoms with Crippen molar-refractivity contribution >= 4 is 11.7 Å². The second kappa shape index (κ2) is 6.11. The number of phenols is 1. The van der Waals surface area contributed by atoms with E-state index in [0.717, 1.165) is 0 Å². The van der Waals surface area contributed by atoms with Gasteiger partial charge in [-0.1, -0.05) is 6.07 Å². The van der Waals surface area contributed by atoms with E-state index in [1.165, 1.54) is 36.6 Å². The molecular weight excluding hydrogens is 314 g/mol. The van der Waals surface area contributed by atoms with Gasteiger partial charge in [-0.05, 0) is 36.8 Å². The number of amides is 1. The van der Waals surface area contributed by atoms with Gasteiger partial charge in [-0.2, -0.15) is 0 Å². The standard InChI is InChI=1S/C17H15NO6/c1-2-23-12-8-9(5-6-10(12)19)14-13(16(21)17(22)18-14)15(20)11-4-3-7-24-11/h3-8,14,19,21H,2H2,1H3,(H,18,22)/t14-/m1/s1. The number of aliphatic hydroxyl groups excluding tert-OH is 1. The van der Waals surface area contributed by atoms with E-state index in [0.29, 0.717) is 12.2 Å². The molecule has 2 heterocycles. The van der Waals surface area contributed by atoms with Gasteiger partial charge in [0.15, 0.2) is 23.0 Å². The molecule has 2 aromatic rings. The van der Waals surface area contributed by atoms with Gasteiger partial charge >= 0.3 is 0 Å². The molecule has 0 saturated carbocycles. The second-order valence-corrected chi connectivity index (χ2v) is 5.14. The van der Waals surface area contributed by atoms with E-state index in [2.05, 4.69) is 5.32 Å². The molecule has 0 spiro atoms. The minimum absolute atomic E-state index is 0.0156. The number of furan rings is 1. The van der Waals surface area contributed by atoms with Gasteiger partial charge in [0, 0.05) is 0 Å². The Morgan fingerprint density at radius 3 is 2.79 bits per heavy atom. The molecule has 24 heavy (non-hydrogen) atoms. The summed E-state index contributed by atoms with van der Waals surface area (Å²) in [5.74, 6) is -1.81. The summed E-state index contributed by atoms with van der Waals surface area (Å²) < 4.78 is 10.4. The van der Waals surface area contributed by atoms with Crippen molar-refractivity contribution in [3.05, 3.63) is 59.3 Å². The average Bonchev–Trinajstić information content (AvgIpc) is 3.19. The van der Waals surface area contributed by atoms with Gasteiger partial charge in [0.25, 0.3) is 5.91 Å². The summed E-state index contributed by atoms with van der Waals surface area (Å²) in [4.78, 5) is 24.4. The lowest BCUT2D eigenvalue weighted by atomic mass is 9.95. The van der Waals surface area contributed by atoms with Gasteiger partial charge in [0.05, 0.1) is 24.5 Å². The van der Waals surface area contributed by atoms with Gasteiger partial charge in [-0.15, -0.1) is 0 Å². The quantitative estimate of drug-likeness (QED) is 0.726. The molecule has 1 aromatic carbocycles. The number of ketones is 1. The lowest BCUT2D eigenvalue weighted by molar-refractivity contribution is -0.119. The SMILES string of the molecule is CCOc1cc([C@H]2NC(=O)C(O)=C2C(=O)c2ccco2)ccc1O. The Morgan fingerprint density at radius 1 is 1.33 bits per heavy atom. The zero-order valence-corrected chi connectivity index (χ0v) is 12.8. The molecule has 1 amide bonds. The van der Waals surface area contributed by atoms with E-state index in [4.69, 9.17) is 9.15 Å². The van der Waals surface area contributed by atoms with Crippen LogP contribution in [0, 0.1) is 0 Å². The topological polar surface area (TPSA) is 109 Å². The van der Waals surface area contributed by atoms with Gasteiger partial charge in [-0.3, -0.25) is 9.59 Å². The first-order valence-electron chi connectivity index (χ1n) is 7.30. The molecule has 3 N–H and O–H groups in total. The number of ether oxygens (including phenoxy) is 1. The highest BCUT2D eigenvalue weighted by molar-refractivity contribution is 6.15. The summed E-state index contributed by atoms with van der Waals surface area (Å²) in [6.45, 7) is 2.11. The van der Waals surface area contributed by atoms with Gasteiger partial charge in [0.1, 0.15) is 0 Å². The smallest absolute Gasteiger partial charge is 0.287 e. The fourth-order valence-corrected chi connectivity index (χ4v) is 2.54. The van der Waals surface area contributed by atoms with Crippen LogP contribution >= 0.6 is 0 Å². The average molecular weight is 329 g/mol. The zero-order chi connectivity index (χ0) is 17.3. The number of carbonyl (C=O) groups is 2. The number of rotatable bonds is 5. The van der Waals surface area contributed by atoms with Crippen LogP contribution in [0.25, 0.3) is 0 Å². The Labute approximate surface area is 137 Å². The van der Waals surface area contributed by atoms with E-state index < -0.39 is 23.5 Å². The normalized spacial score (nSPS) is 17.0. The Balaban J connectivity index is 2.03. The van der Waals surface area contributed by atoms with Crippen LogP contribution in [-0.4, -0.2) is 28.5 Å². The number of aliphatic hydroxyl groups is 1. The number of carbonyl (C=O) groups excluding carboxylic acids is 2. The summed E-state index contributed by atoms with van der Waals surface area (Å²) in [6.07, 6.45) is 1.33. The predicted molar refractivity (Wildman–Crippen MR) is 82.9 cm³/mol. The summed E-state index contributed by atoms with van der Waals surface area (Å²) in [6, 6.07) is 6.57. The lowest BCUT2D eigenvalue weighted by Gasteiger charge is -2.16. The highest BCUT2D eigenvalue weighted by Gasteiger charge is 2.38. The molecule has 1 aromatic heterocycles. The van der Waals surface area contributed by atoms with Crippen LogP contribution in [0.1, 0.15) is 29.1 Å². The third kappa shape index (κ3) is 2.60. The molecule has 1 aliphatic rings. The highest BCUT2D eigenvalue weighted by Crippen LogP contribution is 2.36. The molecule has 0 aliphatic carbocycles. The molecule has 0 saturated heterocycles. The van der Waals surface area contributed by atoms with Crippen molar-refractivity contribution < 1.29 is 29.0 Å². The summed E-state index contributed by atoms with van der Waals surface area (Å²) in [7, 11) is 0. The van der Waals surface area contributed by atoms with E-state index in [-0.39, 0.29) is 22.8 Å².